The average Bonchev–Trinajstić information content (AvgIpc) is 2.61. The van der Waals surface area contributed by atoms with Gasteiger partial charge in [0.15, 0.2) is 0 Å². The van der Waals surface area contributed by atoms with Crippen molar-refractivity contribution in [2.45, 2.75) is 6.92 Å². The summed E-state index contributed by atoms with van der Waals surface area (Å²) in [6, 6.07) is 12.7. The third-order valence-corrected chi connectivity index (χ3v) is 4.53. The Bertz CT molecular complexity index is 954. The molecule has 0 atom stereocenters. The SMILES string of the molecule is CC1(COc2ccc(Nc3ccnc4c(O)cccc34)c(N)c2)COC1. The zero-order chi connectivity index (χ0) is 18.1. The molecule has 4 N–H and O–H groups in total. The van der Waals surface area contributed by atoms with Crippen molar-refractivity contribution in [2.75, 3.05) is 30.9 Å². The lowest BCUT2D eigenvalue weighted by Gasteiger charge is -2.37. The van der Waals surface area contributed by atoms with E-state index in [2.05, 4.69) is 17.2 Å². The molecule has 6 nitrogen and oxygen atoms in total. The number of hydrogen-bond donors (Lipinski definition) is 3. The first-order valence-corrected chi connectivity index (χ1v) is 8.48. The number of phenols is 1. The van der Waals surface area contributed by atoms with Gasteiger partial charge in [-0.2, -0.15) is 0 Å². The van der Waals surface area contributed by atoms with Crippen LogP contribution in [0.25, 0.3) is 10.9 Å². The van der Waals surface area contributed by atoms with E-state index >= 15 is 0 Å². The van der Waals surface area contributed by atoms with Crippen molar-refractivity contribution in [2.24, 2.45) is 5.41 Å². The van der Waals surface area contributed by atoms with Crippen LogP contribution in [0.5, 0.6) is 11.5 Å². The van der Waals surface area contributed by atoms with Crippen LogP contribution in [0.4, 0.5) is 17.1 Å². The molecule has 0 amide bonds. The number of ether oxygens (including phenoxy) is 2. The molecule has 2 heterocycles. The molecular formula is C20H21N3O3. The van der Waals surface area contributed by atoms with Gasteiger partial charge in [0.2, 0.25) is 0 Å². The van der Waals surface area contributed by atoms with Crippen molar-refractivity contribution in [1.82, 2.24) is 4.98 Å². The molecule has 0 spiro atoms. The van der Waals surface area contributed by atoms with E-state index < -0.39 is 0 Å². The molecule has 4 rings (SSSR count). The number of aromatic nitrogens is 1. The topological polar surface area (TPSA) is 89.6 Å². The fourth-order valence-corrected chi connectivity index (χ4v) is 2.95. The lowest BCUT2D eigenvalue weighted by Crippen LogP contribution is -2.44. The summed E-state index contributed by atoms with van der Waals surface area (Å²) in [7, 11) is 0. The molecule has 1 aromatic heterocycles. The van der Waals surface area contributed by atoms with E-state index in [1.54, 1.807) is 18.3 Å². The quantitative estimate of drug-likeness (QED) is 0.608. The van der Waals surface area contributed by atoms with Gasteiger partial charge in [-0.05, 0) is 24.3 Å². The number of aromatic hydroxyl groups is 1. The minimum absolute atomic E-state index is 0.0869. The van der Waals surface area contributed by atoms with Crippen molar-refractivity contribution in [1.29, 1.82) is 0 Å². The maximum Gasteiger partial charge on any atom is 0.141 e. The number of benzene rings is 2. The lowest BCUT2D eigenvalue weighted by atomic mass is 9.90. The van der Waals surface area contributed by atoms with Crippen LogP contribution in [0.3, 0.4) is 0 Å². The highest BCUT2D eigenvalue weighted by Gasteiger charge is 2.34. The number of phenolic OH excluding ortho intramolecular Hbond substituents is 1. The van der Waals surface area contributed by atoms with E-state index in [9.17, 15) is 5.11 Å². The van der Waals surface area contributed by atoms with Gasteiger partial charge in [0, 0.05) is 28.8 Å². The maximum absolute atomic E-state index is 9.96. The predicted molar refractivity (Wildman–Crippen MR) is 102 cm³/mol. The minimum Gasteiger partial charge on any atom is -0.506 e. The Morgan fingerprint density at radius 3 is 2.81 bits per heavy atom. The van der Waals surface area contributed by atoms with Crippen molar-refractivity contribution in [3.8, 4) is 11.5 Å². The van der Waals surface area contributed by atoms with Gasteiger partial charge >= 0.3 is 0 Å². The number of rotatable bonds is 5. The van der Waals surface area contributed by atoms with E-state index in [0.717, 1.165) is 35.7 Å². The molecule has 3 aromatic rings. The van der Waals surface area contributed by atoms with Gasteiger partial charge in [-0.1, -0.05) is 19.1 Å². The van der Waals surface area contributed by atoms with Gasteiger partial charge in [-0.25, -0.2) is 0 Å². The number of nitrogens with two attached hydrogens (primary N) is 1. The average molecular weight is 351 g/mol. The lowest BCUT2D eigenvalue weighted by molar-refractivity contribution is -0.120. The molecule has 1 fully saturated rings. The number of para-hydroxylation sites is 1. The summed E-state index contributed by atoms with van der Waals surface area (Å²) in [5, 5.41) is 14.1. The zero-order valence-electron chi connectivity index (χ0n) is 14.5. The molecule has 0 bridgehead atoms. The van der Waals surface area contributed by atoms with Crippen LogP contribution in [-0.2, 0) is 4.74 Å². The summed E-state index contributed by atoms with van der Waals surface area (Å²) < 4.78 is 11.1. The largest absolute Gasteiger partial charge is 0.506 e. The Hall–Kier alpha value is -2.99. The fourth-order valence-electron chi connectivity index (χ4n) is 2.95. The molecule has 0 aliphatic carbocycles. The first kappa shape index (κ1) is 16.5. The molecule has 1 aliphatic rings. The second-order valence-electron chi connectivity index (χ2n) is 7.00. The van der Waals surface area contributed by atoms with E-state index in [1.807, 2.05) is 30.3 Å². The molecule has 1 aliphatic heterocycles. The van der Waals surface area contributed by atoms with E-state index in [-0.39, 0.29) is 11.2 Å². The smallest absolute Gasteiger partial charge is 0.141 e. The number of fused-ring (bicyclic) bond motifs is 1. The third-order valence-electron chi connectivity index (χ3n) is 4.53. The molecule has 0 unspecified atom stereocenters. The van der Waals surface area contributed by atoms with Crippen LogP contribution in [0, 0.1) is 5.41 Å². The van der Waals surface area contributed by atoms with Crippen LogP contribution in [0.1, 0.15) is 6.92 Å². The Morgan fingerprint density at radius 1 is 1.23 bits per heavy atom. The number of pyridine rings is 1. The van der Waals surface area contributed by atoms with Gasteiger partial charge in [-0.3, -0.25) is 4.98 Å². The summed E-state index contributed by atoms with van der Waals surface area (Å²) >= 11 is 0. The highest BCUT2D eigenvalue weighted by molar-refractivity contribution is 5.96. The van der Waals surface area contributed by atoms with E-state index in [1.165, 1.54) is 0 Å². The molecular weight excluding hydrogens is 330 g/mol. The Labute approximate surface area is 151 Å². The Balaban J connectivity index is 1.54. The summed E-state index contributed by atoms with van der Waals surface area (Å²) in [4.78, 5) is 4.23. The summed E-state index contributed by atoms with van der Waals surface area (Å²) in [6.45, 7) is 4.20. The number of anilines is 3. The molecule has 1 saturated heterocycles. The van der Waals surface area contributed by atoms with Crippen LogP contribution >= 0.6 is 0 Å². The normalized spacial score (nSPS) is 15.4. The summed E-state index contributed by atoms with van der Waals surface area (Å²) in [5.74, 6) is 0.884. The van der Waals surface area contributed by atoms with Crippen molar-refractivity contribution >= 4 is 28.0 Å². The van der Waals surface area contributed by atoms with Crippen LogP contribution in [0.15, 0.2) is 48.7 Å². The van der Waals surface area contributed by atoms with Gasteiger partial charge in [0.05, 0.1) is 31.2 Å². The van der Waals surface area contributed by atoms with Gasteiger partial charge in [0.1, 0.15) is 17.0 Å². The van der Waals surface area contributed by atoms with E-state index in [4.69, 9.17) is 15.2 Å². The van der Waals surface area contributed by atoms with Gasteiger partial charge in [-0.15, -0.1) is 0 Å². The molecule has 0 radical (unpaired) electrons. The standard InChI is InChI=1S/C20H21N3O3/c1-20(10-25-11-20)12-26-13-5-6-17(15(21)9-13)23-16-7-8-22-19-14(16)3-2-4-18(19)24/h2-9,24H,10-12,21H2,1H3,(H,22,23). The summed E-state index contributed by atoms with van der Waals surface area (Å²) in [6.07, 6.45) is 1.65. The monoisotopic (exact) mass is 351 g/mol. The van der Waals surface area contributed by atoms with Crippen molar-refractivity contribution in [3.63, 3.8) is 0 Å². The second kappa shape index (κ2) is 6.38. The Kier molecular flexibility index (Phi) is 4.05. The number of nitrogen functional groups attached to an aromatic ring is 1. The first-order valence-electron chi connectivity index (χ1n) is 8.48. The van der Waals surface area contributed by atoms with Crippen molar-refractivity contribution in [3.05, 3.63) is 48.7 Å². The Morgan fingerprint density at radius 2 is 2.08 bits per heavy atom. The summed E-state index contributed by atoms with van der Waals surface area (Å²) in [5.41, 5.74) is 9.01. The molecule has 6 heteroatoms. The second-order valence-corrected chi connectivity index (χ2v) is 7.00. The fraction of sp³-hybridized carbons (Fsp3) is 0.250. The van der Waals surface area contributed by atoms with Gasteiger partial charge in [0.25, 0.3) is 0 Å². The van der Waals surface area contributed by atoms with Crippen LogP contribution in [-0.4, -0.2) is 29.9 Å². The molecule has 26 heavy (non-hydrogen) atoms. The number of nitrogens with one attached hydrogen (secondary N) is 1. The zero-order valence-corrected chi connectivity index (χ0v) is 14.5. The number of hydrogen-bond acceptors (Lipinski definition) is 6. The van der Waals surface area contributed by atoms with Gasteiger partial charge < -0.3 is 25.6 Å². The maximum atomic E-state index is 9.96. The van der Waals surface area contributed by atoms with Crippen LogP contribution in [0.2, 0.25) is 0 Å². The molecule has 2 aromatic carbocycles. The van der Waals surface area contributed by atoms with Crippen LogP contribution < -0.4 is 15.8 Å². The molecule has 0 saturated carbocycles. The first-order chi connectivity index (χ1) is 12.5. The highest BCUT2D eigenvalue weighted by atomic mass is 16.5. The molecule has 134 valence electrons. The highest BCUT2D eigenvalue weighted by Crippen LogP contribution is 2.33. The third kappa shape index (κ3) is 3.11. The minimum atomic E-state index is 0.0869. The predicted octanol–water partition coefficient (Wildman–Crippen LogP) is 3.68. The van der Waals surface area contributed by atoms with Crippen molar-refractivity contribution < 1.29 is 14.6 Å². The number of nitrogens with zero attached hydrogens (tertiary/aromatic N) is 1. The van der Waals surface area contributed by atoms with E-state index in [0.29, 0.717) is 17.8 Å².